The highest BCUT2D eigenvalue weighted by Crippen LogP contribution is 2.23. The van der Waals surface area contributed by atoms with Crippen molar-refractivity contribution < 1.29 is 0 Å². The molecule has 1 aliphatic rings. The van der Waals surface area contributed by atoms with Crippen LogP contribution in [0.5, 0.6) is 0 Å². The van der Waals surface area contributed by atoms with Gasteiger partial charge in [0.25, 0.3) is 0 Å². The molecule has 0 atom stereocenters. The van der Waals surface area contributed by atoms with E-state index in [1.54, 1.807) is 0 Å². The number of hydrogen-bond donors (Lipinski definition) is 1. The molecule has 0 radical (unpaired) electrons. The summed E-state index contributed by atoms with van der Waals surface area (Å²) in [4.78, 5) is 4.73. The van der Waals surface area contributed by atoms with Gasteiger partial charge in [0, 0.05) is 17.8 Å². The predicted octanol–water partition coefficient (Wildman–Crippen LogP) is 2.43. The molecule has 1 aromatic carbocycles. The van der Waals surface area contributed by atoms with Crippen LogP contribution in [0.3, 0.4) is 0 Å². The number of nitrogens with two attached hydrogens (primary N) is 1. The third kappa shape index (κ3) is 3.01. The topological polar surface area (TPSA) is 43.8 Å². The maximum absolute atomic E-state index is 5.39. The number of hydrogen-bond acceptors (Lipinski definition) is 2. The molecule has 0 bridgehead atoms. The largest absolute Gasteiger partial charge is 0.328 e. The molecule has 0 spiro atoms. The van der Waals surface area contributed by atoms with Crippen LogP contribution in [-0.4, -0.2) is 16.1 Å². The normalized spacial score (nSPS) is 13.4. The lowest BCUT2D eigenvalue weighted by Crippen LogP contribution is -2.10. The first-order valence-electron chi connectivity index (χ1n) is 7.60. The van der Waals surface area contributed by atoms with E-state index >= 15 is 0 Å². The Morgan fingerprint density at radius 1 is 1.19 bits per heavy atom. The van der Waals surface area contributed by atoms with Gasteiger partial charge in [-0.3, -0.25) is 0 Å². The fraction of sp³-hybridized carbons (Fsp3) is 0.389. The lowest BCUT2D eigenvalue weighted by Gasteiger charge is -2.15. The average molecular weight is 279 g/mol. The summed E-state index contributed by atoms with van der Waals surface area (Å²) < 4.78 is 2.37. The summed E-state index contributed by atoms with van der Waals surface area (Å²) in [5.74, 6) is 7.07. The molecule has 21 heavy (non-hydrogen) atoms. The Labute approximate surface area is 126 Å². The zero-order chi connectivity index (χ0) is 14.7. The van der Waals surface area contributed by atoms with Crippen molar-refractivity contribution in [3.05, 3.63) is 52.6 Å². The average Bonchev–Trinajstić information content (AvgIpc) is 2.83. The lowest BCUT2D eigenvalue weighted by molar-refractivity contribution is 0.624. The maximum Gasteiger partial charge on any atom is 0.106 e. The molecular formula is C18H21N3. The number of imidazole rings is 1. The van der Waals surface area contributed by atoms with Crippen molar-refractivity contribution >= 4 is 0 Å². The SMILES string of the molecule is Cc1nc2c(n1Cc1ccc(C#CCN)cc1)CCCC2. The van der Waals surface area contributed by atoms with Gasteiger partial charge in [0.2, 0.25) is 0 Å². The molecule has 0 saturated heterocycles. The molecule has 1 aliphatic carbocycles. The highest BCUT2D eigenvalue weighted by molar-refractivity contribution is 5.36. The van der Waals surface area contributed by atoms with Crippen molar-refractivity contribution in [3.63, 3.8) is 0 Å². The number of benzene rings is 1. The van der Waals surface area contributed by atoms with Gasteiger partial charge in [0.05, 0.1) is 12.2 Å². The number of fused-ring (bicyclic) bond motifs is 1. The lowest BCUT2D eigenvalue weighted by atomic mass is 10.0. The molecule has 0 unspecified atom stereocenters. The molecule has 1 heterocycles. The van der Waals surface area contributed by atoms with Gasteiger partial charge in [0.15, 0.2) is 0 Å². The van der Waals surface area contributed by atoms with Gasteiger partial charge in [-0.05, 0) is 50.3 Å². The summed E-state index contributed by atoms with van der Waals surface area (Å²) >= 11 is 0. The smallest absolute Gasteiger partial charge is 0.106 e. The third-order valence-corrected chi connectivity index (χ3v) is 4.05. The number of rotatable bonds is 2. The standard InChI is InChI=1S/C18H21N3/c1-14-20-17-6-2-3-7-18(17)21(14)13-16-10-8-15(9-11-16)5-4-12-19/h8-11H,2-3,6-7,12-13,19H2,1H3. The Hall–Kier alpha value is -2.05. The molecular weight excluding hydrogens is 258 g/mol. The Morgan fingerprint density at radius 2 is 1.95 bits per heavy atom. The van der Waals surface area contributed by atoms with Gasteiger partial charge >= 0.3 is 0 Å². The number of aromatic nitrogens is 2. The fourth-order valence-electron chi connectivity index (χ4n) is 2.97. The minimum atomic E-state index is 0.405. The van der Waals surface area contributed by atoms with E-state index < -0.39 is 0 Å². The van der Waals surface area contributed by atoms with E-state index in [0.29, 0.717) is 6.54 Å². The van der Waals surface area contributed by atoms with E-state index in [9.17, 15) is 0 Å². The van der Waals surface area contributed by atoms with Gasteiger partial charge in [-0.2, -0.15) is 0 Å². The zero-order valence-electron chi connectivity index (χ0n) is 12.5. The Bertz CT molecular complexity index is 684. The van der Waals surface area contributed by atoms with Crippen molar-refractivity contribution in [3.8, 4) is 11.8 Å². The van der Waals surface area contributed by atoms with E-state index in [0.717, 1.165) is 30.8 Å². The summed E-state index contributed by atoms with van der Waals surface area (Å²) in [7, 11) is 0. The fourth-order valence-corrected chi connectivity index (χ4v) is 2.97. The van der Waals surface area contributed by atoms with Gasteiger partial charge in [-0.25, -0.2) is 4.98 Å². The van der Waals surface area contributed by atoms with Gasteiger partial charge < -0.3 is 10.3 Å². The monoisotopic (exact) mass is 279 g/mol. The summed E-state index contributed by atoms with van der Waals surface area (Å²) in [6.45, 7) is 3.42. The van der Waals surface area contributed by atoms with E-state index in [2.05, 4.69) is 47.6 Å². The van der Waals surface area contributed by atoms with Crippen LogP contribution in [0.4, 0.5) is 0 Å². The molecule has 108 valence electrons. The second kappa shape index (κ2) is 6.15. The Kier molecular flexibility index (Phi) is 4.08. The molecule has 2 N–H and O–H groups in total. The third-order valence-electron chi connectivity index (χ3n) is 4.05. The van der Waals surface area contributed by atoms with Crippen molar-refractivity contribution in [2.75, 3.05) is 6.54 Å². The maximum atomic E-state index is 5.39. The quantitative estimate of drug-likeness (QED) is 0.858. The molecule has 0 saturated carbocycles. The first-order chi connectivity index (χ1) is 10.3. The highest BCUT2D eigenvalue weighted by atomic mass is 15.1. The summed E-state index contributed by atoms with van der Waals surface area (Å²) in [6, 6.07) is 8.43. The van der Waals surface area contributed by atoms with Crippen LogP contribution in [0.1, 0.15) is 41.2 Å². The van der Waals surface area contributed by atoms with Crippen molar-refractivity contribution in [1.29, 1.82) is 0 Å². The van der Waals surface area contributed by atoms with E-state index in [-0.39, 0.29) is 0 Å². The molecule has 0 aliphatic heterocycles. The van der Waals surface area contributed by atoms with Crippen LogP contribution in [0, 0.1) is 18.8 Å². The van der Waals surface area contributed by atoms with Crippen molar-refractivity contribution in [1.82, 2.24) is 9.55 Å². The van der Waals surface area contributed by atoms with E-state index in [4.69, 9.17) is 10.7 Å². The van der Waals surface area contributed by atoms with Crippen LogP contribution in [-0.2, 0) is 19.4 Å². The first kappa shape index (κ1) is 13.9. The van der Waals surface area contributed by atoms with Crippen LogP contribution >= 0.6 is 0 Å². The van der Waals surface area contributed by atoms with Gasteiger partial charge in [0.1, 0.15) is 5.82 Å². The molecule has 2 aromatic rings. The molecule has 0 fully saturated rings. The van der Waals surface area contributed by atoms with Crippen LogP contribution in [0.2, 0.25) is 0 Å². The van der Waals surface area contributed by atoms with E-state index in [1.165, 1.54) is 29.8 Å². The molecule has 3 nitrogen and oxygen atoms in total. The number of aryl methyl sites for hydroxylation is 2. The Morgan fingerprint density at radius 3 is 2.71 bits per heavy atom. The first-order valence-corrected chi connectivity index (χ1v) is 7.60. The summed E-state index contributed by atoms with van der Waals surface area (Å²) in [6.07, 6.45) is 4.86. The molecule has 3 heteroatoms. The van der Waals surface area contributed by atoms with Crippen LogP contribution in [0.15, 0.2) is 24.3 Å². The zero-order valence-corrected chi connectivity index (χ0v) is 12.5. The predicted molar refractivity (Wildman–Crippen MR) is 85.1 cm³/mol. The van der Waals surface area contributed by atoms with Gasteiger partial charge in [-0.1, -0.05) is 24.0 Å². The second-order valence-corrected chi connectivity index (χ2v) is 5.55. The molecule has 0 amide bonds. The molecule has 1 aromatic heterocycles. The van der Waals surface area contributed by atoms with Gasteiger partial charge in [-0.15, -0.1) is 0 Å². The minimum absolute atomic E-state index is 0.405. The molecule has 3 rings (SSSR count). The van der Waals surface area contributed by atoms with Crippen molar-refractivity contribution in [2.45, 2.75) is 39.2 Å². The number of nitrogens with zero attached hydrogens (tertiary/aromatic N) is 2. The Balaban J connectivity index is 1.82. The van der Waals surface area contributed by atoms with Crippen LogP contribution in [0.25, 0.3) is 0 Å². The highest BCUT2D eigenvalue weighted by Gasteiger charge is 2.17. The van der Waals surface area contributed by atoms with Crippen molar-refractivity contribution in [2.24, 2.45) is 5.73 Å². The summed E-state index contributed by atoms with van der Waals surface area (Å²) in [5.41, 5.74) is 10.5. The summed E-state index contributed by atoms with van der Waals surface area (Å²) in [5, 5.41) is 0. The second-order valence-electron chi connectivity index (χ2n) is 5.55. The van der Waals surface area contributed by atoms with Crippen LogP contribution < -0.4 is 5.73 Å². The van der Waals surface area contributed by atoms with E-state index in [1.807, 2.05) is 0 Å². The minimum Gasteiger partial charge on any atom is -0.328 e.